The molecule has 1 saturated heterocycles. The lowest BCUT2D eigenvalue weighted by molar-refractivity contribution is -0.158. The molecule has 0 radical (unpaired) electrons. The summed E-state index contributed by atoms with van der Waals surface area (Å²) < 4.78 is 0. The molecule has 0 bridgehead atoms. The Morgan fingerprint density at radius 1 is 1.42 bits per heavy atom. The van der Waals surface area contributed by atoms with Crippen LogP contribution < -0.4 is 5.32 Å². The van der Waals surface area contributed by atoms with Gasteiger partial charge in [-0.15, -0.1) is 0 Å². The van der Waals surface area contributed by atoms with Crippen LogP contribution in [-0.2, 0) is 9.59 Å². The molecule has 0 aliphatic carbocycles. The molecule has 0 spiro atoms. The van der Waals surface area contributed by atoms with Gasteiger partial charge >= 0.3 is 5.97 Å². The van der Waals surface area contributed by atoms with Crippen molar-refractivity contribution < 1.29 is 14.7 Å². The lowest BCUT2D eigenvalue weighted by Gasteiger charge is -2.36. The van der Waals surface area contributed by atoms with Crippen molar-refractivity contribution in [3.8, 4) is 0 Å². The molecule has 2 N–H and O–H groups in total. The fraction of sp³-hybridized carbons (Fsp3) is 0.857. The van der Waals surface area contributed by atoms with Crippen LogP contribution in [0.25, 0.3) is 0 Å². The second kappa shape index (κ2) is 6.89. The van der Waals surface area contributed by atoms with E-state index < -0.39 is 11.5 Å². The van der Waals surface area contributed by atoms with E-state index in [0.29, 0.717) is 25.9 Å². The van der Waals surface area contributed by atoms with Crippen molar-refractivity contribution in [2.45, 2.75) is 52.0 Å². The summed E-state index contributed by atoms with van der Waals surface area (Å²) in [7, 11) is 0. The lowest BCUT2D eigenvalue weighted by atomic mass is 9.90. The zero-order valence-electron chi connectivity index (χ0n) is 12.2. The summed E-state index contributed by atoms with van der Waals surface area (Å²) in [6.07, 6.45) is 2.68. The molecule has 0 aromatic heterocycles. The number of carboxylic acids is 1. The summed E-state index contributed by atoms with van der Waals surface area (Å²) in [4.78, 5) is 25.7. The Kier molecular flexibility index (Phi) is 5.79. The van der Waals surface area contributed by atoms with Gasteiger partial charge in [-0.25, -0.2) is 4.79 Å². The fourth-order valence-corrected chi connectivity index (χ4v) is 2.92. The Bertz CT molecular complexity index is 333. The third-order valence-corrected chi connectivity index (χ3v) is 3.94. The summed E-state index contributed by atoms with van der Waals surface area (Å²) in [5.74, 6) is -1.06. The highest BCUT2D eigenvalue weighted by atomic mass is 16.4. The molecule has 5 heteroatoms. The van der Waals surface area contributed by atoms with E-state index >= 15 is 0 Å². The summed E-state index contributed by atoms with van der Waals surface area (Å²) in [6.45, 7) is 7.81. The maximum Gasteiger partial charge on any atom is 0.329 e. The van der Waals surface area contributed by atoms with Crippen molar-refractivity contribution in [2.75, 3.05) is 19.6 Å². The SMILES string of the molecule is CCCC1(C(=O)O)CCCN1C(=O)C(C)CNCC. The molecule has 0 aromatic rings. The van der Waals surface area contributed by atoms with Crippen molar-refractivity contribution in [2.24, 2.45) is 5.92 Å². The van der Waals surface area contributed by atoms with E-state index in [-0.39, 0.29) is 11.8 Å². The molecular weight excluding hydrogens is 244 g/mol. The monoisotopic (exact) mass is 270 g/mol. The number of nitrogens with zero attached hydrogens (tertiary/aromatic N) is 1. The summed E-state index contributed by atoms with van der Waals surface area (Å²) in [5, 5.41) is 12.7. The Labute approximate surface area is 115 Å². The zero-order chi connectivity index (χ0) is 14.5. The lowest BCUT2D eigenvalue weighted by Crippen LogP contribution is -2.55. The van der Waals surface area contributed by atoms with Crippen molar-refractivity contribution in [1.29, 1.82) is 0 Å². The first-order valence-electron chi connectivity index (χ1n) is 7.25. The second-order valence-electron chi connectivity index (χ2n) is 5.39. The molecule has 1 amide bonds. The average Bonchev–Trinajstić information content (AvgIpc) is 2.80. The van der Waals surface area contributed by atoms with Gasteiger partial charge in [-0.3, -0.25) is 4.79 Å². The molecular formula is C14H26N2O3. The Morgan fingerprint density at radius 2 is 2.11 bits per heavy atom. The molecule has 2 atom stereocenters. The van der Waals surface area contributed by atoms with Crippen LogP contribution in [0.4, 0.5) is 0 Å². The van der Waals surface area contributed by atoms with Crippen molar-refractivity contribution in [1.82, 2.24) is 10.2 Å². The molecule has 0 aromatic carbocycles. The van der Waals surface area contributed by atoms with E-state index in [1.165, 1.54) is 0 Å². The van der Waals surface area contributed by atoms with Gasteiger partial charge in [0.25, 0.3) is 0 Å². The van der Waals surface area contributed by atoms with Gasteiger partial charge in [-0.2, -0.15) is 0 Å². The Hall–Kier alpha value is -1.10. The Balaban J connectivity index is 2.84. The molecule has 1 aliphatic heterocycles. The first-order chi connectivity index (χ1) is 8.99. The molecule has 19 heavy (non-hydrogen) atoms. The van der Waals surface area contributed by atoms with Gasteiger partial charge in [-0.05, 0) is 25.8 Å². The summed E-state index contributed by atoms with van der Waals surface area (Å²) in [5.41, 5.74) is -0.966. The van der Waals surface area contributed by atoms with Crippen molar-refractivity contribution in [3.63, 3.8) is 0 Å². The molecule has 110 valence electrons. The van der Waals surface area contributed by atoms with Crippen molar-refractivity contribution >= 4 is 11.9 Å². The van der Waals surface area contributed by atoms with Crippen LogP contribution in [0.1, 0.15) is 46.5 Å². The Morgan fingerprint density at radius 3 is 2.63 bits per heavy atom. The number of carbonyl (C=O) groups is 2. The third kappa shape index (κ3) is 3.26. The smallest absolute Gasteiger partial charge is 0.329 e. The number of carboxylic acid groups (broad SMARTS) is 1. The van der Waals surface area contributed by atoms with E-state index in [1.54, 1.807) is 4.90 Å². The largest absolute Gasteiger partial charge is 0.479 e. The van der Waals surface area contributed by atoms with E-state index in [0.717, 1.165) is 19.4 Å². The number of hydrogen-bond donors (Lipinski definition) is 2. The van der Waals surface area contributed by atoms with Crippen LogP contribution >= 0.6 is 0 Å². The van der Waals surface area contributed by atoms with Gasteiger partial charge in [0.15, 0.2) is 0 Å². The fourth-order valence-electron chi connectivity index (χ4n) is 2.92. The number of carbonyl (C=O) groups excluding carboxylic acids is 1. The number of amides is 1. The van der Waals surface area contributed by atoms with Gasteiger partial charge in [0.2, 0.25) is 5.91 Å². The highest BCUT2D eigenvalue weighted by molar-refractivity contribution is 5.88. The topological polar surface area (TPSA) is 69.6 Å². The average molecular weight is 270 g/mol. The van der Waals surface area contributed by atoms with E-state index in [9.17, 15) is 14.7 Å². The number of hydrogen-bond acceptors (Lipinski definition) is 3. The predicted molar refractivity (Wildman–Crippen MR) is 73.9 cm³/mol. The quantitative estimate of drug-likeness (QED) is 0.735. The van der Waals surface area contributed by atoms with E-state index in [1.807, 2.05) is 20.8 Å². The molecule has 1 aliphatic rings. The first kappa shape index (κ1) is 16.0. The van der Waals surface area contributed by atoms with Crippen LogP contribution in [-0.4, -0.2) is 47.1 Å². The van der Waals surface area contributed by atoms with Gasteiger partial charge in [-0.1, -0.05) is 27.2 Å². The highest BCUT2D eigenvalue weighted by Gasteiger charge is 2.49. The first-order valence-corrected chi connectivity index (χ1v) is 7.25. The molecule has 5 nitrogen and oxygen atoms in total. The van der Waals surface area contributed by atoms with Gasteiger partial charge in [0.1, 0.15) is 5.54 Å². The molecule has 1 fully saturated rings. The number of likely N-dealkylation sites (tertiary alicyclic amines) is 1. The van der Waals surface area contributed by atoms with Gasteiger partial charge in [0.05, 0.1) is 0 Å². The van der Waals surface area contributed by atoms with E-state index in [4.69, 9.17) is 0 Å². The van der Waals surface area contributed by atoms with Crippen LogP contribution in [0.5, 0.6) is 0 Å². The maximum atomic E-state index is 12.5. The highest BCUT2D eigenvalue weighted by Crippen LogP contribution is 2.35. The molecule has 1 rings (SSSR count). The molecule has 1 heterocycles. The predicted octanol–water partition coefficient (Wildman–Crippen LogP) is 1.48. The van der Waals surface area contributed by atoms with Crippen LogP contribution in [0.15, 0.2) is 0 Å². The maximum absolute atomic E-state index is 12.5. The van der Waals surface area contributed by atoms with Crippen molar-refractivity contribution in [3.05, 3.63) is 0 Å². The van der Waals surface area contributed by atoms with Gasteiger partial charge in [0, 0.05) is 19.0 Å². The van der Waals surface area contributed by atoms with Crippen LogP contribution in [0, 0.1) is 5.92 Å². The standard InChI is InChI=1S/C14H26N2O3/c1-4-7-14(13(18)19)8-6-9-16(14)12(17)11(3)10-15-5-2/h11,15H,4-10H2,1-3H3,(H,18,19). The van der Waals surface area contributed by atoms with Crippen LogP contribution in [0.3, 0.4) is 0 Å². The second-order valence-corrected chi connectivity index (χ2v) is 5.39. The normalized spacial score (nSPS) is 24.5. The van der Waals surface area contributed by atoms with Crippen LogP contribution in [0.2, 0.25) is 0 Å². The van der Waals surface area contributed by atoms with E-state index in [2.05, 4.69) is 5.32 Å². The number of rotatable bonds is 7. The third-order valence-electron chi connectivity index (χ3n) is 3.94. The minimum Gasteiger partial charge on any atom is -0.479 e. The molecule has 0 saturated carbocycles. The molecule has 2 unspecified atom stereocenters. The summed E-state index contributed by atoms with van der Waals surface area (Å²) >= 11 is 0. The zero-order valence-corrected chi connectivity index (χ0v) is 12.2. The number of nitrogens with one attached hydrogen (secondary N) is 1. The summed E-state index contributed by atoms with van der Waals surface area (Å²) in [6, 6.07) is 0. The number of aliphatic carboxylic acids is 1. The minimum absolute atomic E-state index is 0.0331. The van der Waals surface area contributed by atoms with Gasteiger partial charge < -0.3 is 15.3 Å². The minimum atomic E-state index is -0.966.